The zero-order valence-corrected chi connectivity index (χ0v) is 8.54. The van der Waals surface area contributed by atoms with Crippen LogP contribution in [0.5, 0.6) is 0 Å². The molecule has 4 rings (SSSR count). The summed E-state index contributed by atoms with van der Waals surface area (Å²) in [5.74, 6) is -0.716. The summed E-state index contributed by atoms with van der Waals surface area (Å²) in [6.07, 6.45) is 3.49. The number of amides is 2. The lowest BCUT2D eigenvalue weighted by Crippen LogP contribution is -2.37. The normalized spacial score (nSPS) is 48.0. The molecule has 5 atom stereocenters. The predicted octanol–water partition coefficient (Wildman–Crippen LogP) is -0.676. The smallest absolute Gasteiger partial charge is 0.236 e. The van der Waals surface area contributed by atoms with Gasteiger partial charge in [0.15, 0.2) is 0 Å². The van der Waals surface area contributed by atoms with Crippen LogP contribution in [0.4, 0.5) is 0 Å². The largest absolute Gasteiger partial charge is 0.371 e. The van der Waals surface area contributed by atoms with Gasteiger partial charge in [0.05, 0.1) is 43.3 Å². The van der Waals surface area contributed by atoms with E-state index in [1.165, 1.54) is 4.90 Å². The fourth-order valence-electron chi connectivity index (χ4n) is 2.92. The zero-order chi connectivity index (χ0) is 10.9. The Morgan fingerprint density at radius 3 is 2.25 bits per heavy atom. The van der Waals surface area contributed by atoms with Gasteiger partial charge in [0.1, 0.15) is 0 Å². The van der Waals surface area contributed by atoms with Crippen LogP contribution in [0.2, 0.25) is 0 Å². The Balaban J connectivity index is 1.65. The van der Waals surface area contributed by atoms with Crippen LogP contribution in [0.15, 0.2) is 12.2 Å². The molecule has 4 heterocycles. The second kappa shape index (κ2) is 2.73. The zero-order valence-electron chi connectivity index (χ0n) is 8.54. The van der Waals surface area contributed by atoms with Crippen LogP contribution in [-0.2, 0) is 19.1 Å². The van der Waals surface area contributed by atoms with E-state index in [9.17, 15) is 9.59 Å². The van der Waals surface area contributed by atoms with Crippen LogP contribution >= 0.6 is 0 Å². The second-order valence-corrected chi connectivity index (χ2v) is 4.74. The first-order valence-electron chi connectivity index (χ1n) is 5.56. The fraction of sp³-hybridized carbons (Fsp3) is 0.636. The third kappa shape index (κ3) is 0.973. The Bertz CT molecular complexity index is 384. The molecule has 0 radical (unpaired) electrons. The van der Waals surface area contributed by atoms with Crippen LogP contribution < -0.4 is 0 Å². The first-order chi connectivity index (χ1) is 7.75. The van der Waals surface area contributed by atoms with E-state index in [0.29, 0.717) is 13.2 Å². The number of hydrogen-bond donors (Lipinski definition) is 0. The van der Waals surface area contributed by atoms with Gasteiger partial charge in [-0.1, -0.05) is 12.2 Å². The summed E-state index contributed by atoms with van der Waals surface area (Å²) in [6.45, 7) is 1.08. The number of fused-ring (bicyclic) bond motifs is 5. The molecule has 3 saturated heterocycles. The lowest BCUT2D eigenvalue weighted by atomic mass is 9.85. The first kappa shape index (κ1) is 8.90. The van der Waals surface area contributed by atoms with Crippen molar-refractivity contribution in [2.24, 2.45) is 11.8 Å². The molecule has 4 aliphatic heterocycles. The van der Waals surface area contributed by atoms with E-state index in [4.69, 9.17) is 9.47 Å². The number of likely N-dealkylation sites (tertiary alicyclic amines) is 1. The molecule has 5 unspecified atom stereocenters. The minimum atomic E-state index is -0.277. The predicted molar refractivity (Wildman–Crippen MR) is 51.2 cm³/mol. The van der Waals surface area contributed by atoms with E-state index < -0.39 is 0 Å². The first-order valence-corrected chi connectivity index (χ1v) is 5.56. The van der Waals surface area contributed by atoms with E-state index in [0.717, 1.165) is 0 Å². The molecule has 4 aliphatic rings. The molecule has 0 aromatic heterocycles. The van der Waals surface area contributed by atoms with Gasteiger partial charge >= 0.3 is 0 Å². The molecular weight excluding hydrogens is 210 g/mol. The van der Waals surface area contributed by atoms with E-state index in [2.05, 4.69) is 0 Å². The van der Waals surface area contributed by atoms with Gasteiger partial charge in [0.2, 0.25) is 11.8 Å². The second-order valence-electron chi connectivity index (χ2n) is 4.74. The Morgan fingerprint density at radius 1 is 1.19 bits per heavy atom. The molecule has 16 heavy (non-hydrogen) atoms. The van der Waals surface area contributed by atoms with Crippen molar-refractivity contribution >= 4 is 11.8 Å². The van der Waals surface area contributed by atoms with E-state index in [1.54, 1.807) is 0 Å². The summed E-state index contributed by atoms with van der Waals surface area (Å²) < 4.78 is 10.6. The third-order valence-corrected chi connectivity index (χ3v) is 3.79. The highest BCUT2D eigenvalue weighted by atomic mass is 16.6. The Kier molecular flexibility index (Phi) is 1.52. The van der Waals surface area contributed by atoms with Gasteiger partial charge in [-0.25, -0.2) is 0 Å². The molecule has 0 N–H and O–H groups in total. The number of carbonyl (C=O) groups is 2. The molecular formula is C11H11NO4. The summed E-state index contributed by atoms with van der Waals surface area (Å²) in [7, 11) is 0. The number of rotatable bonds is 2. The highest BCUT2D eigenvalue weighted by Gasteiger charge is 2.61. The minimum absolute atomic E-state index is 0.0678. The Hall–Kier alpha value is -1.20. The van der Waals surface area contributed by atoms with Crippen LogP contribution in [-0.4, -0.2) is 48.2 Å². The molecule has 0 spiro atoms. The Labute approximate surface area is 92.0 Å². The number of ether oxygens (including phenoxy) is 2. The maximum Gasteiger partial charge on any atom is 0.236 e. The monoisotopic (exact) mass is 221 g/mol. The number of hydrogen-bond acceptors (Lipinski definition) is 4. The van der Waals surface area contributed by atoms with Crippen molar-refractivity contribution in [2.75, 3.05) is 13.2 Å². The average molecular weight is 221 g/mol. The molecule has 84 valence electrons. The van der Waals surface area contributed by atoms with Crippen molar-refractivity contribution in [3.05, 3.63) is 12.2 Å². The molecule has 0 aromatic rings. The van der Waals surface area contributed by atoms with Crippen molar-refractivity contribution in [1.29, 1.82) is 0 Å². The van der Waals surface area contributed by atoms with E-state index in [1.807, 2.05) is 12.2 Å². The molecule has 2 bridgehead atoms. The summed E-state index contributed by atoms with van der Waals surface area (Å²) in [6, 6.07) is 0. The van der Waals surface area contributed by atoms with Crippen LogP contribution in [0, 0.1) is 11.8 Å². The van der Waals surface area contributed by atoms with Crippen LogP contribution in [0.1, 0.15) is 0 Å². The average Bonchev–Trinajstić information content (AvgIpc) is 2.77. The molecule has 3 fully saturated rings. The summed E-state index contributed by atoms with van der Waals surface area (Å²) in [4.78, 5) is 25.5. The number of epoxide rings is 1. The van der Waals surface area contributed by atoms with Gasteiger partial charge in [0.25, 0.3) is 0 Å². The molecule has 0 saturated carbocycles. The summed E-state index contributed by atoms with van der Waals surface area (Å²) in [5.41, 5.74) is 0. The van der Waals surface area contributed by atoms with Gasteiger partial charge in [-0.2, -0.15) is 0 Å². The SMILES string of the molecule is O=C1C2C3C=CC(O3)C2C(=O)N1CC1CO1. The van der Waals surface area contributed by atoms with Crippen molar-refractivity contribution < 1.29 is 19.1 Å². The summed E-state index contributed by atoms with van der Waals surface area (Å²) >= 11 is 0. The van der Waals surface area contributed by atoms with Crippen molar-refractivity contribution in [2.45, 2.75) is 18.3 Å². The highest BCUT2D eigenvalue weighted by molar-refractivity contribution is 6.06. The van der Waals surface area contributed by atoms with Gasteiger partial charge < -0.3 is 9.47 Å². The summed E-state index contributed by atoms with van der Waals surface area (Å²) in [5, 5.41) is 0. The lowest BCUT2D eigenvalue weighted by Gasteiger charge is -2.15. The van der Waals surface area contributed by atoms with Crippen LogP contribution in [0.3, 0.4) is 0 Å². The molecule has 0 aromatic carbocycles. The number of nitrogens with zero attached hydrogens (tertiary/aromatic N) is 1. The maximum absolute atomic E-state index is 12.1. The van der Waals surface area contributed by atoms with Gasteiger partial charge in [-0.3, -0.25) is 14.5 Å². The van der Waals surface area contributed by atoms with E-state index >= 15 is 0 Å². The Morgan fingerprint density at radius 2 is 1.75 bits per heavy atom. The standard InChI is InChI=1S/C11H11NO4/c13-10-8-6-1-2-7(16-6)9(8)11(14)12(10)3-5-4-15-5/h1-2,5-9H,3-4H2. The lowest BCUT2D eigenvalue weighted by molar-refractivity contribution is -0.142. The fourth-order valence-corrected chi connectivity index (χ4v) is 2.92. The van der Waals surface area contributed by atoms with E-state index in [-0.39, 0.29) is 42.0 Å². The topological polar surface area (TPSA) is 59.1 Å². The van der Waals surface area contributed by atoms with Crippen LogP contribution in [0.25, 0.3) is 0 Å². The molecule has 0 aliphatic carbocycles. The third-order valence-electron chi connectivity index (χ3n) is 3.79. The highest BCUT2D eigenvalue weighted by Crippen LogP contribution is 2.45. The quantitative estimate of drug-likeness (QED) is 0.352. The van der Waals surface area contributed by atoms with Crippen molar-refractivity contribution in [3.63, 3.8) is 0 Å². The van der Waals surface area contributed by atoms with Crippen molar-refractivity contribution in [3.8, 4) is 0 Å². The maximum atomic E-state index is 12.1. The minimum Gasteiger partial charge on any atom is -0.371 e. The number of carbonyl (C=O) groups excluding carboxylic acids is 2. The molecule has 5 nitrogen and oxygen atoms in total. The molecule has 5 heteroatoms. The number of imide groups is 1. The van der Waals surface area contributed by atoms with Gasteiger partial charge in [0, 0.05) is 0 Å². The van der Waals surface area contributed by atoms with Gasteiger partial charge in [-0.05, 0) is 0 Å². The molecule has 2 amide bonds. The van der Waals surface area contributed by atoms with Crippen molar-refractivity contribution in [1.82, 2.24) is 4.90 Å². The van der Waals surface area contributed by atoms with Gasteiger partial charge in [-0.15, -0.1) is 0 Å².